The number of esters is 1. The van der Waals surface area contributed by atoms with Gasteiger partial charge in [0.25, 0.3) is 0 Å². The maximum absolute atomic E-state index is 11.1. The van der Waals surface area contributed by atoms with E-state index >= 15 is 0 Å². The highest BCUT2D eigenvalue weighted by atomic mass is 32.2. The van der Waals surface area contributed by atoms with E-state index in [0.717, 1.165) is 0 Å². The SMILES string of the molecule is CCC(=O)OCCN1CCS(=O)(=O)CC1. The molecule has 0 saturated carbocycles. The normalized spacial score (nSPS) is 21.1. The maximum Gasteiger partial charge on any atom is 0.305 e. The minimum atomic E-state index is -2.81. The van der Waals surface area contributed by atoms with Gasteiger partial charge in [0.15, 0.2) is 9.84 Å². The average Bonchev–Trinajstić information content (AvgIpc) is 2.20. The van der Waals surface area contributed by atoms with Gasteiger partial charge in [-0.25, -0.2) is 8.42 Å². The molecular weight excluding hydrogens is 218 g/mol. The van der Waals surface area contributed by atoms with Crippen molar-refractivity contribution in [2.75, 3.05) is 37.7 Å². The topological polar surface area (TPSA) is 63.7 Å². The molecule has 88 valence electrons. The summed E-state index contributed by atoms with van der Waals surface area (Å²) in [6, 6.07) is 0. The van der Waals surface area contributed by atoms with Gasteiger partial charge in [0.1, 0.15) is 6.61 Å². The minimum Gasteiger partial charge on any atom is -0.464 e. The van der Waals surface area contributed by atoms with E-state index in [1.54, 1.807) is 6.92 Å². The molecule has 0 atom stereocenters. The zero-order valence-electron chi connectivity index (χ0n) is 8.94. The van der Waals surface area contributed by atoms with Gasteiger partial charge in [0, 0.05) is 26.1 Å². The second kappa shape index (κ2) is 5.46. The molecule has 1 fully saturated rings. The lowest BCUT2D eigenvalue weighted by molar-refractivity contribution is -0.143. The van der Waals surface area contributed by atoms with E-state index in [2.05, 4.69) is 0 Å². The lowest BCUT2D eigenvalue weighted by Crippen LogP contribution is -2.41. The summed E-state index contributed by atoms with van der Waals surface area (Å²) in [6.45, 7) is 3.82. The lowest BCUT2D eigenvalue weighted by Gasteiger charge is -2.25. The highest BCUT2D eigenvalue weighted by molar-refractivity contribution is 7.91. The van der Waals surface area contributed by atoms with E-state index in [9.17, 15) is 13.2 Å². The number of sulfone groups is 1. The number of hydrogen-bond donors (Lipinski definition) is 0. The molecule has 1 rings (SSSR count). The predicted molar refractivity (Wildman–Crippen MR) is 56.3 cm³/mol. The number of nitrogens with zero attached hydrogens (tertiary/aromatic N) is 1. The number of ether oxygens (including phenoxy) is 1. The van der Waals surface area contributed by atoms with Crippen molar-refractivity contribution in [1.82, 2.24) is 4.90 Å². The van der Waals surface area contributed by atoms with Crippen LogP contribution in [0.1, 0.15) is 13.3 Å². The summed E-state index contributed by atoms with van der Waals surface area (Å²) in [7, 11) is -2.81. The van der Waals surface area contributed by atoms with Crippen LogP contribution in [0.2, 0.25) is 0 Å². The zero-order valence-corrected chi connectivity index (χ0v) is 9.75. The summed E-state index contributed by atoms with van der Waals surface area (Å²) in [6.07, 6.45) is 0.383. The Labute approximate surface area is 90.3 Å². The van der Waals surface area contributed by atoms with Gasteiger partial charge in [-0.2, -0.15) is 0 Å². The van der Waals surface area contributed by atoms with Crippen molar-refractivity contribution in [3.8, 4) is 0 Å². The summed E-state index contributed by atoms with van der Waals surface area (Å²) in [5.74, 6) is 0.225. The van der Waals surface area contributed by atoms with Crippen LogP contribution >= 0.6 is 0 Å². The van der Waals surface area contributed by atoms with E-state index in [-0.39, 0.29) is 17.5 Å². The lowest BCUT2D eigenvalue weighted by atomic mass is 10.4. The Hall–Kier alpha value is -0.620. The van der Waals surface area contributed by atoms with E-state index < -0.39 is 9.84 Å². The van der Waals surface area contributed by atoms with E-state index in [0.29, 0.717) is 32.7 Å². The second-order valence-electron chi connectivity index (χ2n) is 3.57. The van der Waals surface area contributed by atoms with Crippen molar-refractivity contribution in [1.29, 1.82) is 0 Å². The van der Waals surface area contributed by atoms with Crippen LogP contribution in [-0.4, -0.2) is 57.0 Å². The summed E-state index contributed by atoms with van der Waals surface area (Å²) in [4.78, 5) is 12.8. The smallest absolute Gasteiger partial charge is 0.305 e. The standard InChI is InChI=1S/C9H17NO4S/c1-2-9(11)14-6-3-10-4-7-15(12,13)8-5-10/h2-8H2,1H3. The van der Waals surface area contributed by atoms with Crippen LogP contribution in [0.15, 0.2) is 0 Å². The molecule has 0 amide bonds. The fourth-order valence-corrected chi connectivity index (χ4v) is 2.64. The molecular formula is C9H17NO4S. The van der Waals surface area contributed by atoms with Gasteiger partial charge >= 0.3 is 5.97 Å². The van der Waals surface area contributed by atoms with Crippen molar-refractivity contribution in [2.24, 2.45) is 0 Å². The Kier molecular flexibility index (Phi) is 4.53. The third-order valence-corrected chi connectivity index (χ3v) is 4.01. The summed E-state index contributed by atoms with van der Waals surface area (Å²) in [5.41, 5.74) is 0. The van der Waals surface area contributed by atoms with Crippen molar-refractivity contribution in [2.45, 2.75) is 13.3 Å². The van der Waals surface area contributed by atoms with Crippen LogP contribution in [-0.2, 0) is 19.4 Å². The molecule has 0 aromatic heterocycles. The van der Waals surface area contributed by atoms with Crippen molar-refractivity contribution in [3.05, 3.63) is 0 Å². The van der Waals surface area contributed by atoms with Gasteiger partial charge in [-0.3, -0.25) is 9.69 Å². The van der Waals surface area contributed by atoms with Crippen LogP contribution in [0, 0.1) is 0 Å². The van der Waals surface area contributed by atoms with Crippen molar-refractivity contribution < 1.29 is 17.9 Å². The van der Waals surface area contributed by atoms with Gasteiger partial charge in [0.2, 0.25) is 0 Å². The van der Waals surface area contributed by atoms with Crippen molar-refractivity contribution in [3.63, 3.8) is 0 Å². The Morgan fingerprint density at radius 2 is 1.93 bits per heavy atom. The van der Waals surface area contributed by atoms with Crippen LogP contribution in [0.5, 0.6) is 0 Å². The molecule has 0 N–H and O–H groups in total. The fourth-order valence-electron chi connectivity index (χ4n) is 1.36. The highest BCUT2D eigenvalue weighted by Gasteiger charge is 2.21. The van der Waals surface area contributed by atoms with Crippen LogP contribution in [0.3, 0.4) is 0 Å². The Morgan fingerprint density at radius 3 is 2.47 bits per heavy atom. The van der Waals surface area contributed by atoms with Crippen LogP contribution in [0.25, 0.3) is 0 Å². The zero-order chi connectivity index (χ0) is 11.3. The Bertz CT molecular complexity index is 298. The summed E-state index contributed by atoms with van der Waals surface area (Å²) < 4.78 is 27.1. The number of carbonyl (C=O) groups is 1. The molecule has 1 heterocycles. The molecule has 1 aliphatic rings. The van der Waals surface area contributed by atoms with Gasteiger partial charge < -0.3 is 4.74 Å². The molecule has 5 nitrogen and oxygen atoms in total. The first-order valence-corrected chi connectivity index (χ1v) is 6.94. The Balaban J connectivity index is 2.17. The maximum atomic E-state index is 11.1. The van der Waals surface area contributed by atoms with Gasteiger partial charge in [-0.15, -0.1) is 0 Å². The monoisotopic (exact) mass is 235 g/mol. The first kappa shape index (κ1) is 12.4. The van der Waals surface area contributed by atoms with E-state index in [1.165, 1.54) is 0 Å². The quantitative estimate of drug-likeness (QED) is 0.624. The number of carbonyl (C=O) groups excluding carboxylic acids is 1. The predicted octanol–water partition coefficient (Wildman–Crippen LogP) is -0.330. The van der Waals surface area contributed by atoms with E-state index in [4.69, 9.17) is 4.74 Å². The number of rotatable bonds is 4. The van der Waals surface area contributed by atoms with Crippen molar-refractivity contribution >= 4 is 15.8 Å². The molecule has 0 bridgehead atoms. The van der Waals surface area contributed by atoms with Gasteiger partial charge in [-0.1, -0.05) is 6.92 Å². The molecule has 0 radical (unpaired) electrons. The first-order valence-electron chi connectivity index (χ1n) is 5.12. The fraction of sp³-hybridized carbons (Fsp3) is 0.889. The molecule has 1 aliphatic heterocycles. The summed E-state index contributed by atoms with van der Waals surface area (Å²) in [5, 5.41) is 0. The molecule has 15 heavy (non-hydrogen) atoms. The molecule has 1 saturated heterocycles. The highest BCUT2D eigenvalue weighted by Crippen LogP contribution is 2.03. The first-order chi connectivity index (χ1) is 7.03. The molecule has 0 aromatic rings. The minimum absolute atomic E-state index is 0.209. The van der Waals surface area contributed by atoms with Gasteiger partial charge in [0.05, 0.1) is 11.5 Å². The van der Waals surface area contributed by atoms with Crippen LogP contribution in [0.4, 0.5) is 0 Å². The van der Waals surface area contributed by atoms with Crippen LogP contribution < -0.4 is 0 Å². The van der Waals surface area contributed by atoms with E-state index in [1.807, 2.05) is 4.90 Å². The molecule has 6 heteroatoms. The van der Waals surface area contributed by atoms with Gasteiger partial charge in [-0.05, 0) is 0 Å². The molecule has 0 aliphatic carbocycles. The summed E-state index contributed by atoms with van der Waals surface area (Å²) >= 11 is 0. The second-order valence-corrected chi connectivity index (χ2v) is 5.87. The molecule has 0 unspecified atom stereocenters. The number of hydrogen-bond acceptors (Lipinski definition) is 5. The molecule has 0 aromatic carbocycles. The average molecular weight is 235 g/mol. The third-order valence-electron chi connectivity index (χ3n) is 2.40. The third kappa shape index (κ3) is 4.61. The largest absolute Gasteiger partial charge is 0.464 e. The Morgan fingerprint density at radius 1 is 1.33 bits per heavy atom. The molecule has 0 spiro atoms.